The molecule has 0 bridgehead atoms. The van der Waals surface area contributed by atoms with Gasteiger partial charge >= 0.3 is 0 Å². The quantitative estimate of drug-likeness (QED) is 0.887. The molecule has 0 spiro atoms. The fourth-order valence-corrected chi connectivity index (χ4v) is 2.53. The van der Waals surface area contributed by atoms with Crippen LogP contribution in [0.3, 0.4) is 0 Å². The fraction of sp³-hybridized carbons (Fsp3) is 0.533. The van der Waals surface area contributed by atoms with Crippen LogP contribution in [0.25, 0.3) is 0 Å². The second kappa shape index (κ2) is 6.70. The molecule has 0 aromatic heterocycles. The number of ether oxygens (including phenoxy) is 1. The lowest BCUT2D eigenvalue weighted by Gasteiger charge is -2.24. The summed E-state index contributed by atoms with van der Waals surface area (Å²) in [6.45, 7) is 3.52. The molecule has 0 radical (unpaired) electrons. The van der Waals surface area contributed by atoms with Gasteiger partial charge in [-0.15, -0.1) is 0 Å². The first kappa shape index (κ1) is 14.8. The van der Waals surface area contributed by atoms with Gasteiger partial charge in [0.2, 0.25) is 5.91 Å². The monoisotopic (exact) mass is 280 g/mol. The molecule has 2 N–H and O–H groups in total. The van der Waals surface area contributed by atoms with Crippen LogP contribution in [0.1, 0.15) is 31.4 Å². The molecule has 4 nitrogen and oxygen atoms in total. The zero-order valence-corrected chi connectivity index (χ0v) is 11.9. The van der Waals surface area contributed by atoms with Crippen LogP contribution in [0.15, 0.2) is 18.2 Å². The molecule has 1 aliphatic rings. The number of amides is 1. The van der Waals surface area contributed by atoms with Crippen molar-refractivity contribution < 1.29 is 13.9 Å². The molecule has 20 heavy (non-hydrogen) atoms. The summed E-state index contributed by atoms with van der Waals surface area (Å²) in [5.41, 5.74) is 0.657. The molecule has 5 heteroatoms. The summed E-state index contributed by atoms with van der Waals surface area (Å²) in [5, 5.41) is 6.16. The average molecular weight is 280 g/mol. The van der Waals surface area contributed by atoms with E-state index in [4.69, 9.17) is 4.74 Å². The summed E-state index contributed by atoms with van der Waals surface area (Å²) in [6, 6.07) is 4.05. The standard InChI is InChI=1S/C15H21FN2O2/c1-10(13-8-12(16)5-6-14(13)20-2)18-15(19)11-4-3-7-17-9-11/h5-6,8,10-11,17H,3-4,7,9H2,1-2H3,(H,18,19)/t10?,11-/m1/s1. The van der Waals surface area contributed by atoms with Crippen LogP contribution in [0.4, 0.5) is 4.39 Å². The maximum atomic E-state index is 13.4. The molecular formula is C15H21FN2O2. The number of piperidine rings is 1. The van der Waals surface area contributed by atoms with Gasteiger partial charge in [0.15, 0.2) is 0 Å². The second-order valence-corrected chi connectivity index (χ2v) is 5.16. The summed E-state index contributed by atoms with van der Waals surface area (Å²) >= 11 is 0. The third-order valence-electron chi connectivity index (χ3n) is 3.68. The molecule has 1 aromatic rings. The minimum absolute atomic E-state index is 0.00856. The first-order valence-electron chi connectivity index (χ1n) is 6.96. The van der Waals surface area contributed by atoms with Gasteiger partial charge in [-0.1, -0.05) is 0 Å². The molecule has 110 valence electrons. The van der Waals surface area contributed by atoms with Crippen molar-refractivity contribution in [1.82, 2.24) is 10.6 Å². The van der Waals surface area contributed by atoms with Crippen molar-refractivity contribution in [3.63, 3.8) is 0 Å². The number of hydrogen-bond donors (Lipinski definition) is 2. The Labute approximate surface area is 118 Å². The molecule has 1 unspecified atom stereocenters. The van der Waals surface area contributed by atoms with Crippen molar-refractivity contribution >= 4 is 5.91 Å². The summed E-state index contributed by atoms with van der Waals surface area (Å²) in [7, 11) is 1.54. The normalized spacial score (nSPS) is 20.2. The van der Waals surface area contributed by atoms with Gasteiger partial charge in [0.05, 0.1) is 19.1 Å². The maximum Gasteiger partial charge on any atom is 0.224 e. The third-order valence-corrected chi connectivity index (χ3v) is 3.68. The van der Waals surface area contributed by atoms with Crippen LogP contribution in [0.2, 0.25) is 0 Å². The Hall–Kier alpha value is -1.62. The van der Waals surface area contributed by atoms with Crippen molar-refractivity contribution in [1.29, 1.82) is 0 Å². The summed E-state index contributed by atoms with van der Waals surface area (Å²) in [4.78, 5) is 12.2. The second-order valence-electron chi connectivity index (χ2n) is 5.16. The maximum absolute atomic E-state index is 13.4. The predicted molar refractivity (Wildman–Crippen MR) is 75.1 cm³/mol. The van der Waals surface area contributed by atoms with Crippen LogP contribution in [-0.2, 0) is 4.79 Å². The molecule has 0 saturated carbocycles. The van der Waals surface area contributed by atoms with Crippen molar-refractivity contribution in [3.8, 4) is 5.75 Å². The molecular weight excluding hydrogens is 259 g/mol. The molecule has 1 aromatic carbocycles. The fourth-order valence-electron chi connectivity index (χ4n) is 2.53. The molecule has 1 heterocycles. The largest absolute Gasteiger partial charge is 0.496 e. The number of hydrogen-bond acceptors (Lipinski definition) is 3. The van der Waals surface area contributed by atoms with Gasteiger partial charge in [0, 0.05) is 12.1 Å². The molecule has 1 saturated heterocycles. The van der Waals surface area contributed by atoms with E-state index in [1.54, 1.807) is 6.07 Å². The highest BCUT2D eigenvalue weighted by Gasteiger charge is 2.23. The van der Waals surface area contributed by atoms with E-state index in [2.05, 4.69) is 10.6 Å². The lowest BCUT2D eigenvalue weighted by molar-refractivity contribution is -0.126. The van der Waals surface area contributed by atoms with E-state index in [0.29, 0.717) is 17.9 Å². The summed E-state index contributed by atoms with van der Waals surface area (Å²) < 4.78 is 18.6. The minimum Gasteiger partial charge on any atom is -0.496 e. The highest BCUT2D eigenvalue weighted by Crippen LogP contribution is 2.26. The Bertz CT molecular complexity index is 473. The number of benzene rings is 1. The predicted octanol–water partition coefficient (Wildman–Crippen LogP) is 2.01. The number of carbonyl (C=O) groups excluding carboxylic acids is 1. The van der Waals surface area contributed by atoms with Gasteiger partial charge < -0.3 is 15.4 Å². The summed E-state index contributed by atoms with van der Waals surface area (Å²) in [5.74, 6) is 0.254. The number of halogens is 1. The molecule has 1 amide bonds. The first-order chi connectivity index (χ1) is 9.61. The van der Waals surface area contributed by atoms with Gasteiger partial charge in [-0.2, -0.15) is 0 Å². The zero-order chi connectivity index (χ0) is 14.5. The molecule has 1 fully saturated rings. The SMILES string of the molecule is COc1ccc(F)cc1C(C)NC(=O)[C@@H]1CCCNC1. The van der Waals surface area contributed by atoms with E-state index >= 15 is 0 Å². The smallest absolute Gasteiger partial charge is 0.224 e. The lowest BCUT2D eigenvalue weighted by Crippen LogP contribution is -2.41. The van der Waals surface area contributed by atoms with Crippen molar-refractivity contribution in [2.45, 2.75) is 25.8 Å². The van der Waals surface area contributed by atoms with Crippen molar-refractivity contribution in [2.75, 3.05) is 20.2 Å². The third kappa shape index (κ3) is 3.48. The highest BCUT2D eigenvalue weighted by molar-refractivity contribution is 5.79. The Balaban J connectivity index is 2.05. The van der Waals surface area contributed by atoms with E-state index in [1.807, 2.05) is 6.92 Å². The summed E-state index contributed by atoms with van der Waals surface area (Å²) in [6.07, 6.45) is 1.90. The average Bonchev–Trinajstić information content (AvgIpc) is 2.48. The van der Waals surface area contributed by atoms with E-state index in [1.165, 1.54) is 19.2 Å². The number of carbonyl (C=O) groups is 1. The first-order valence-corrected chi connectivity index (χ1v) is 6.96. The van der Waals surface area contributed by atoms with Crippen LogP contribution in [0.5, 0.6) is 5.75 Å². The van der Waals surface area contributed by atoms with Crippen LogP contribution in [-0.4, -0.2) is 26.1 Å². The van der Waals surface area contributed by atoms with Gasteiger partial charge in [0.1, 0.15) is 11.6 Å². The van der Waals surface area contributed by atoms with Crippen LogP contribution >= 0.6 is 0 Å². The van der Waals surface area contributed by atoms with E-state index in [0.717, 1.165) is 19.4 Å². The van der Waals surface area contributed by atoms with Gasteiger partial charge in [0.25, 0.3) is 0 Å². The van der Waals surface area contributed by atoms with Gasteiger partial charge in [-0.25, -0.2) is 4.39 Å². The lowest BCUT2D eigenvalue weighted by atomic mass is 9.97. The Kier molecular flexibility index (Phi) is 4.95. The number of rotatable bonds is 4. The number of methoxy groups -OCH3 is 1. The van der Waals surface area contributed by atoms with E-state index < -0.39 is 0 Å². The Morgan fingerprint density at radius 1 is 1.55 bits per heavy atom. The zero-order valence-electron chi connectivity index (χ0n) is 11.9. The van der Waals surface area contributed by atoms with Crippen molar-refractivity contribution in [3.05, 3.63) is 29.6 Å². The topological polar surface area (TPSA) is 50.4 Å². The highest BCUT2D eigenvalue weighted by atomic mass is 19.1. The van der Waals surface area contributed by atoms with E-state index in [9.17, 15) is 9.18 Å². The Morgan fingerprint density at radius 2 is 2.35 bits per heavy atom. The van der Waals surface area contributed by atoms with Crippen LogP contribution in [0, 0.1) is 11.7 Å². The Morgan fingerprint density at radius 3 is 3.00 bits per heavy atom. The van der Waals surface area contributed by atoms with Crippen LogP contribution < -0.4 is 15.4 Å². The van der Waals surface area contributed by atoms with Gasteiger partial charge in [-0.05, 0) is 44.5 Å². The van der Waals surface area contributed by atoms with Gasteiger partial charge in [-0.3, -0.25) is 4.79 Å². The van der Waals surface area contributed by atoms with Crippen molar-refractivity contribution in [2.24, 2.45) is 5.92 Å². The molecule has 1 aliphatic heterocycles. The molecule has 2 rings (SSSR count). The number of nitrogens with one attached hydrogen (secondary N) is 2. The minimum atomic E-state index is -0.332. The molecule has 2 atom stereocenters. The molecule has 0 aliphatic carbocycles. The van der Waals surface area contributed by atoms with E-state index in [-0.39, 0.29) is 23.7 Å².